The second kappa shape index (κ2) is 4.55. The lowest BCUT2D eigenvalue weighted by atomic mass is 10.1. The molecule has 0 spiro atoms. The topological polar surface area (TPSA) is 88.2 Å². The lowest BCUT2D eigenvalue weighted by Crippen LogP contribution is -2.46. The van der Waals surface area contributed by atoms with Crippen LogP contribution in [0.5, 0.6) is 0 Å². The molecular weight excluding hydrogens is 250 g/mol. The highest BCUT2D eigenvalue weighted by atomic mass is 32.1. The van der Waals surface area contributed by atoms with E-state index in [4.69, 9.17) is 10.8 Å². The van der Waals surface area contributed by atoms with Crippen LogP contribution in [0.25, 0.3) is 10.2 Å². The van der Waals surface area contributed by atoms with Crippen molar-refractivity contribution in [3.8, 4) is 0 Å². The summed E-state index contributed by atoms with van der Waals surface area (Å²) in [7, 11) is 0. The number of benzene rings is 1. The zero-order valence-corrected chi connectivity index (χ0v) is 11.0. The Balaban J connectivity index is 2.28. The van der Waals surface area contributed by atoms with Gasteiger partial charge in [0.05, 0.1) is 22.4 Å². The molecule has 5 nitrogen and oxygen atoms in total. The number of hydrogen-bond donors (Lipinski definition) is 3. The Kier molecular flexibility index (Phi) is 3.23. The number of carbonyl (C=O) groups excluding carboxylic acids is 1. The van der Waals surface area contributed by atoms with Gasteiger partial charge in [-0.3, -0.25) is 4.79 Å². The molecule has 2 rings (SSSR count). The number of amides is 1. The number of nitrogens with one attached hydrogen (secondary N) is 1. The van der Waals surface area contributed by atoms with Gasteiger partial charge in [-0.15, -0.1) is 0 Å². The summed E-state index contributed by atoms with van der Waals surface area (Å²) >= 11 is 1.34. The molecule has 96 valence electrons. The molecule has 0 radical (unpaired) electrons. The Hall–Kier alpha value is -1.66. The number of anilines is 1. The molecule has 2 aromatic rings. The summed E-state index contributed by atoms with van der Waals surface area (Å²) in [5, 5.41) is 12.4. The molecule has 1 aromatic carbocycles. The van der Waals surface area contributed by atoms with Crippen molar-refractivity contribution in [2.75, 3.05) is 12.3 Å². The van der Waals surface area contributed by atoms with Gasteiger partial charge in [0.2, 0.25) is 0 Å². The van der Waals surface area contributed by atoms with Gasteiger partial charge < -0.3 is 16.2 Å². The second-order valence-electron chi connectivity index (χ2n) is 4.73. The highest BCUT2D eigenvalue weighted by molar-refractivity contribution is 7.22. The van der Waals surface area contributed by atoms with E-state index in [0.29, 0.717) is 10.7 Å². The highest BCUT2D eigenvalue weighted by Crippen LogP contribution is 2.24. The first kappa shape index (κ1) is 12.8. The molecule has 6 heteroatoms. The SMILES string of the molecule is CC(C)(CO)NC(=O)c1ccc2nc(N)sc2c1. The molecule has 4 N–H and O–H groups in total. The summed E-state index contributed by atoms with van der Waals surface area (Å²) in [5.74, 6) is -0.220. The number of fused-ring (bicyclic) bond motifs is 1. The molecule has 18 heavy (non-hydrogen) atoms. The van der Waals surface area contributed by atoms with Crippen molar-refractivity contribution in [1.29, 1.82) is 0 Å². The molecule has 1 aromatic heterocycles. The molecule has 0 aliphatic heterocycles. The van der Waals surface area contributed by atoms with Crippen LogP contribution in [0.15, 0.2) is 18.2 Å². The van der Waals surface area contributed by atoms with Gasteiger partial charge in [0.15, 0.2) is 5.13 Å². The van der Waals surface area contributed by atoms with Crippen molar-refractivity contribution in [1.82, 2.24) is 10.3 Å². The molecular formula is C12H15N3O2S. The number of aromatic nitrogens is 1. The molecule has 0 aliphatic carbocycles. The molecule has 0 fully saturated rings. The standard InChI is InChI=1S/C12H15N3O2S/c1-12(2,6-16)15-10(17)7-3-4-8-9(5-7)18-11(13)14-8/h3-5,16H,6H2,1-2H3,(H2,13,14)(H,15,17). The summed E-state index contributed by atoms with van der Waals surface area (Å²) in [5.41, 5.74) is 6.30. The van der Waals surface area contributed by atoms with E-state index in [1.807, 2.05) is 0 Å². The normalized spacial score (nSPS) is 11.7. The number of aliphatic hydroxyl groups is 1. The first-order valence-electron chi connectivity index (χ1n) is 5.51. The van der Waals surface area contributed by atoms with E-state index in [-0.39, 0.29) is 12.5 Å². The van der Waals surface area contributed by atoms with Crippen LogP contribution >= 0.6 is 11.3 Å². The number of nitrogen functional groups attached to an aromatic ring is 1. The number of nitrogens with zero attached hydrogens (tertiary/aromatic N) is 1. The van der Waals surface area contributed by atoms with E-state index in [9.17, 15) is 4.79 Å². The van der Waals surface area contributed by atoms with E-state index in [1.165, 1.54) is 11.3 Å². The van der Waals surface area contributed by atoms with Crippen LogP contribution in [0.3, 0.4) is 0 Å². The lowest BCUT2D eigenvalue weighted by Gasteiger charge is -2.23. The van der Waals surface area contributed by atoms with Crippen LogP contribution in [0.1, 0.15) is 24.2 Å². The average molecular weight is 265 g/mol. The van der Waals surface area contributed by atoms with Gasteiger partial charge in [-0.1, -0.05) is 11.3 Å². The van der Waals surface area contributed by atoms with E-state index in [0.717, 1.165) is 10.2 Å². The predicted molar refractivity (Wildman–Crippen MR) is 72.7 cm³/mol. The van der Waals surface area contributed by atoms with Crippen molar-refractivity contribution in [3.05, 3.63) is 23.8 Å². The Labute approximate surface area is 109 Å². The van der Waals surface area contributed by atoms with Gasteiger partial charge in [0.1, 0.15) is 0 Å². The molecule has 0 bridgehead atoms. The van der Waals surface area contributed by atoms with Crippen molar-refractivity contribution in [2.45, 2.75) is 19.4 Å². The van der Waals surface area contributed by atoms with E-state index < -0.39 is 5.54 Å². The smallest absolute Gasteiger partial charge is 0.251 e. The van der Waals surface area contributed by atoms with E-state index in [2.05, 4.69) is 10.3 Å². The fourth-order valence-electron chi connectivity index (χ4n) is 1.50. The van der Waals surface area contributed by atoms with Crippen LogP contribution in [-0.2, 0) is 0 Å². The van der Waals surface area contributed by atoms with Gasteiger partial charge in [-0.05, 0) is 32.0 Å². The summed E-state index contributed by atoms with van der Waals surface area (Å²) < 4.78 is 0.877. The summed E-state index contributed by atoms with van der Waals surface area (Å²) in [6.07, 6.45) is 0. The van der Waals surface area contributed by atoms with Crippen LogP contribution in [0, 0.1) is 0 Å². The number of rotatable bonds is 3. The summed E-state index contributed by atoms with van der Waals surface area (Å²) in [6, 6.07) is 5.22. The third-order valence-corrected chi connectivity index (χ3v) is 3.36. The predicted octanol–water partition coefficient (Wildman–Crippen LogP) is 1.38. The van der Waals surface area contributed by atoms with Crippen LogP contribution < -0.4 is 11.1 Å². The zero-order chi connectivity index (χ0) is 13.3. The minimum Gasteiger partial charge on any atom is -0.394 e. The Morgan fingerprint density at radius 1 is 1.56 bits per heavy atom. The van der Waals surface area contributed by atoms with Crippen LogP contribution in [0.2, 0.25) is 0 Å². The maximum atomic E-state index is 12.0. The molecule has 0 unspecified atom stereocenters. The Morgan fingerprint density at radius 3 is 2.94 bits per heavy atom. The van der Waals surface area contributed by atoms with Gasteiger partial charge >= 0.3 is 0 Å². The van der Waals surface area contributed by atoms with Gasteiger partial charge in [-0.2, -0.15) is 0 Å². The molecule has 0 saturated heterocycles. The average Bonchev–Trinajstić information content (AvgIpc) is 2.67. The van der Waals surface area contributed by atoms with E-state index >= 15 is 0 Å². The fourth-order valence-corrected chi connectivity index (χ4v) is 2.28. The number of aliphatic hydroxyl groups excluding tert-OH is 1. The molecule has 1 amide bonds. The number of thiazole rings is 1. The fraction of sp³-hybridized carbons (Fsp3) is 0.333. The number of carbonyl (C=O) groups is 1. The van der Waals surface area contributed by atoms with Gasteiger partial charge in [0, 0.05) is 5.56 Å². The first-order valence-corrected chi connectivity index (χ1v) is 6.32. The maximum absolute atomic E-state index is 12.0. The minimum atomic E-state index is -0.640. The quantitative estimate of drug-likeness (QED) is 0.782. The summed E-state index contributed by atoms with van der Waals surface area (Å²) in [4.78, 5) is 16.1. The maximum Gasteiger partial charge on any atom is 0.251 e. The molecule has 0 atom stereocenters. The van der Waals surface area contributed by atoms with Gasteiger partial charge in [-0.25, -0.2) is 4.98 Å². The van der Waals surface area contributed by atoms with Crippen molar-refractivity contribution in [2.24, 2.45) is 0 Å². The summed E-state index contributed by atoms with van der Waals surface area (Å²) in [6.45, 7) is 3.40. The molecule has 1 heterocycles. The first-order chi connectivity index (χ1) is 8.41. The monoisotopic (exact) mass is 265 g/mol. The Morgan fingerprint density at radius 2 is 2.28 bits per heavy atom. The molecule has 0 saturated carbocycles. The van der Waals surface area contributed by atoms with E-state index in [1.54, 1.807) is 32.0 Å². The largest absolute Gasteiger partial charge is 0.394 e. The second-order valence-corrected chi connectivity index (χ2v) is 5.79. The highest BCUT2D eigenvalue weighted by Gasteiger charge is 2.20. The van der Waals surface area contributed by atoms with Crippen LogP contribution in [0.4, 0.5) is 5.13 Å². The third-order valence-electron chi connectivity index (χ3n) is 2.51. The van der Waals surface area contributed by atoms with Crippen LogP contribution in [-0.4, -0.2) is 28.1 Å². The number of hydrogen-bond acceptors (Lipinski definition) is 5. The lowest BCUT2D eigenvalue weighted by molar-refractivity contribution is 0.0869. The van der Waals surface area contributed by atoms with Crippen molar-refractivity contribution >= 4 is 32.6 Å². The number of nitrogens with two attached hydrogens (primary N) is 1. The molecule has 0 aliphatic rings. The van der Waals surface area contributed by atoms with Gasteiger partial charge in [0.25, 0.3) is 5.91 Å². The minimum absolute atomic E-state index is 0.117. The van der Waals surface area contributed by atoms with Crippen molar-refractivity contribution in [3.63, 3.8) is 0 Å². The Bertz CT molecular complexity index is 592. The zero-order valence-electron chi connectivity index (χ0n) is 10.2. The van der Waals surface area contributed by atoms with Crippen molar-refractivity contribution < 1.29 is 9.90 Å². The third kappa shape index (κ3) is 2.60.